The molecule has 0 N–H and O–H groups in total. The van der Waals surface area contributed by atoms with E-state index in [1.165, 1.54) is 12.8 Å². The molecule has 0 unspecified atom stereocenters. The highest BCUT2D eigenvalue weighted by Crippen LogP contribution is 2.24. The highest BCUT2D eigenvalue weighted by molar-refractivity contribution is 7.91. The summed E-state index contributed by atoms with van der Waals surface area (Å²) >= 11 is 0. The second-order valence-electron chi connectivity index (χ2n) is 7.94. The first-order chi connectivity index (χ1) is 14.4. The first-order valence-corrected chi connectivity index (χ1v) is 12.5. The molecule has 1 aromatic heterocycles. The standard InChI is InChI=1S/C23H31NO5S/c1-3-4-5-6-14-28-21-11-8-19(9-12-21)23(25)24(16-22-10-7-18(2)29-22)20-13-15-30(26,27)17-20/h7-12,20H,3-6,13-17H2,1-2H3/t20-/m1/s1. The summed E-state index contributed by atoms with van der Waals surface area (Å²) in [5, 5.41) is 0. The molecule has 0 saturated carbocycles. The molecule has 0 bridgehead atoms. The van der Waals surface area contributed by atoms with Crippen LogP contribution in [0.2, 0.25) is 0 Å². The van der Waals surface area contributed by atoms with E-state index in [-0.39, 0.29) is 30.0 Å². The van der Waals surface area contributed by atoms with Crippen molar-refractivity contribution in [2.24, 2.45) is 0 Å². The molecular weight excluding hydrogens is 402 g/mol. The third-order valence-electron chi connectivity index (χ3n) is 5.40. The average Bonchev–Trinajstić information content (AvgIpc) is 3.30. The highest BCUT2D eigenvalue weighted by Gasteiger charge is 2.35. The fourth-order valence-electron chi connectivity index (χ4n) is 3.70. The van der Waals surface area contributed by atoms with Crippen LogP contribution in [0.4, 0.5) is 0 Å². The van der Waals surface area contributed by atoms with Gasteiger partial charge in [-0.15, -0.1) is 0 Å². The van der Waals surface area contributed by atoms with E-state index >= 15 is 0 Å². The largest absolute Gasteiger partial charge is 0.494 e. The number of sulfone groups is 1. The van der Waals surface area contributed by atoms with Crippen molar-refractivity contribution in [3.05, 3.63) is 53.5 Å². The van der Waals surface area contributed by atoms with Gasteiger partial charge in [0, 0.05) is 11.6 Å². The lowest BCUT2D eigenvalue weighted by Gasteiger charge is -2.27. The molecule has 1 amide bonds. The van der Waals surface area contributed by atoms with E-state index in [4.69, 9.17) is 9.15 Å². The molecular formula is C23H31NO5S. The summed E-state index contributed by atoms with van der Waals surface area (Å²) in [7, 11) is -3.11. The monoisotopic (exact) mass is 433 g/mol. The van der Waals surface area contributed by atoms with Crippen molar-refractivity contribution in [2.45, 2.75) is 58.5 Å². The molecule has 2 heterocycles. The molecule has 1 aliphatic heterocycles. The van der Waals surface area contributed by atoms with Crippen LogP contribution in [0, 0.1) is 6.92 Å². The Balaban J connectivity index is 1.69. The molecule has 0 radical (unpaired) electrons. The van der Waals surface area contributed by atoms with Crippen molar-refractivity contribution in [3.63, 3.8) is 0 Å². The Morgan fingerprint density at radius 3 is 2.50 bits per heavy atom. The number of benzene rings is 1. The fraction of sp³-hybridized carbons (Fsp3) is 0.522. The van der Waals surface area contributed by atoms with Gasteiger partial charge in [0.15, 0.2) is 9.84 Å². The summed E-state index contributed by atoms with van der Waals surface area (Å²) in [6.07, 6.45) is 5.01. The van der Waals surface area contributed by atoms with Crippen molar-refractivity contribution >= 4 is 15.7 Å². The summed E-state index contributed by atoms with van der Waals surface area (Å²) < 4.78 is 35.4. The number of amides is 1. The maximum atomic E-state index is 13.2. The molecule has 1 saturated heterocycles. The molecule has 1 aromatic carbocycles. The maximum absolute atomic E-state index is 13.2. The van der Waals surface area contributed by atoms with Crippen LogP contribution in [0.5, 0.6) is 5.75 Å². The minimum Gasteiger partial charge on any atom is -0.494 e. The van der Waals surface area contributed by atoms with E-state index in [0.717, 1.165) is 24.4 Å². The van der Waals surface area contributed by atoms with Gasteiger partial charge in [-0.05, 0) is 56.2 Å². The van der Waals surface area contributed by atoms with Crippen LogP contribution in [-0.4, -0.2) is 43.4 Å². The van der Waals surface area contributed by atoms with E-state index in [1.54, 1.807) is 29.2 Å². The summed E-state index contributed by atoms with van der Waals surface area (Å²) in [5.74, 6) is 2.07. The first kappa shape index (κ1) is 22.4. The lowest BCUT2D eigenvalue weighted by molar-refractivity contribution is 0.0665. The molecule has 1 aliphatic rings. The number of hydrogen-bond acceptors (Lipinski definition) is 5. The SMILES string of the molecule is CCCCCCOc1ccc(C(=O)N(Cc2ccc(C)o2)[C@@H]2CCS(=O)(=O)C2)cc1. The number of furan rings is 1. The summed E-state index contributed by atoms with van der Waals surface area (Å²) in [4.78, 5) is 14.9. The molecule has 6 nitrogen and oxygen atoms in total. The molecule has 3 rings (SSSR count). The summed E-state index contributed by atoms with van der Waals surface area (Å²) in [5.41, 5.74) is 0.515. The smallest absolute Gasteiger partial charge is 0.254 e. The molecule has 164 valence electrons. The summed E-state index contributed by atoms with van der Waals surface area (Å²) in [6, 6.07) is 10.4. The van der Waals surface area contributed by atoms with Gasteiger partial charge in [-0.1, -0.05) is 26.2 Å². The number of aryl methyl sites for hydroxylation is 1. The van der Waals surface area contributed by atoms with Crippen LogP contribution in [-0.2, 0) is 16.4 Å². The van der Waals surface area contributed by atoms with E-state index in [1.807, 2.05) is 19.1 Å². The van der Waals surface area contributed by atoms with Crippen LogP contribution in [0.25, 0.3) is 0 Å². The summed E-state index contributed by atoms with van der Waals surface area (Å²) in [6.45, 7) is 4.93. The second-order valence-corrected chi connectivity index (χ2v) is 10.2. The molecule has 1 fully saturated rings. The molecule has 0 spiro atoms. The zero-order chi connectivity index (χ0) is 21.6. The van der Waals surface area contributed by atoms with Gasteiger partial charge < -0.3 is 14.1 Å². The topological polar surface area (TPSA) is 76.8 Å². The van der Waals surface area contributed by atoms with E-state index in [0.29, 0.717) is 24.4 Å². The van der Waals surface area contributed by atoms with Crippen LogP contribution >= 0.6 is 0 Å². The van der Waals surface area contributed by atoms with Gasteiger partial charge in [-0.2, -0.15) is 0 Å². The number of unbranched alkanes of at least 4 members (excludes halogenated alkanes) is 3. The predicted molar refractivity (Wildman–Crippen MR) is 116 cm³/mol. The van der Waals surface area contributed by atoms with Crippen molar-refractivity contribution in [1.82, 2.24) is 4.90 Å². The first-order valence-electron chi connectivity index (χ1n) is 10.7. The number of carbonyl (C=O) groups is 1. The number of hydrogen-bond donors (Lipinski definition) is 0. The highest BCUT2D eigenvalue weighted by atomic mass is 32.2. The van der Waals surface area contributed by atoms with Gasteiger partial charge in [0.25, 0.3) is 5.91 Å². The van der Waals surface area contributed by atoms with Crippen LogP contribution in [0.15, 0.2) is 40.8 Å². The Labute approximate surface area is 179 Å². The zero-order valence-corrected chi connectivity index (χ0v) is 18.6. The average molecular weight is 434 g/mol. The van der Waals surface area contributed by atoms with Crippen LogP contribution in [0.1, 0.15) is 60.9 Å². The number of ether oxygens (including phenoxy) is 1. The van der Waals surface area contributed by atoms with Crippen molar-refractivity contribution < 1.29 is 22.4 Å². The van der Waals surface area contributed by atoms with E-state index in [2.05, 4.69) is 6.92 Å². The fourth-order valence-corrected chi connectivity index (χ4v) is 5.44. The van der Waals surface area contributed by atoms with Gasteiger partial charge in [-0.3, -0.25) is 4.79 Å². The maximum Gasteiger partial charge on any atom is 0.254 e. The number of rotatable bonds is 10. The third-order valence-corrected chi connectivity index (χ3v) is 7.15. The molecule has 2 aromatic rings. The Morgan fingerprint density at radius 2 is 1.90 bits per heavy atom. The van der Waals surface area contributed by atoms with Gasteiger partial charge in [0.2, 0.25) is 0 Å². The third kappa shape index (κ3) is 6.11. The minimum atomic E-state index is -3.11. The Morgan fingerprint density at radius 1 is 1.13 bits per heavy atom. The Kier molecular flexibility index (Phi) is 7.58. The predicted octanol–water partition coefficient (Wildman–Crippen LogP) is 4.38. The number of nitrogens with zero attached hydrogens (tertiary/aromatic N) is 1. The van der Waals surface area contributed by atoms with E-state index < -0.39 is 9.84 Å². The van der Waals surface area contributed by atoms with Crippen molar-refractivity contribution in [3.8, 4) is 5.75 Å². The zero-order valence-electron chi connectivity index (χ0n) is 17.8. The molecule has 1 atom stereocenters. The van der Waals surface area contributed by atoms with Gasteiger partial charge >= 0.3 is 0 Å². The quantitative estimate of drug-likeness (QED) is 0.520. The normalized spacial score (nSPS) is 17.7. The lowest BCUT2D eigenvalue weighted by atomic mass is 10.1. The van der Waals surface area contributed by atoms with E-state index in [9.17, 15) is 13.2 Å². The van der Waals surface area contributed by atoms with Gasteiger partial charge in [-0.25, -0.2) is 8.42 Å². The van der Waals surface area contributed by atoms with Crippen LogP contribution in [0.3, 0.4) is 0 Å². The second kappa shape index (κ2) is 10.2. The number of carbonyl (C=O) groups excluding carboxylic acids is 1. The molecule has 30 heavy (non-hydrogen) atoms. The van der Waals surface area contributed by atoms with Gasteiger partial charge in [0.05, 0.1) is 24.7 Å². The molecule has 7 heteroatoms. The van der Waals surface area contributed by atoms with Crippen molar-refractivity contribution in [1.29, 1.82) is 0 Å². The molecule has 0 aliphatic carbocycles. The van der Waals surface area contributed by atoms with Crippen molar-refractivity contribution in [2.75, 3.05) is 18.1 Å². The lowest BCUT2D eigenvalue weighted by Crippen LogP contribution is -2.40. The Bertz CT molecular complexity index is 933. The van der Waals surface area contributed by atoms with Crippen LogP contribution < -0.4 is 4.74 Å². The van der Waals surface area contributed by atoms with Gasteiger partial charge in [0.1, 0.15) is 17.3 Å². The minimum absolute atomic E-state index is 0.00259. The Hall–Kier alpha value is -2.28.